The SMILES string of the molecule is CCC(C)CC(O)CC(C)=CC=O. The fraction of sp³-hybridized carbons (Fsp3) is 0.727. The first-order valence-corrected chi connectivity index (χ1v) is 4.89. The Kier molecular flexibility index (Phi) is 6.51. The first-order valence-electron chi connectivity index (χ1n) is 4.89. The molecule has 13 heavy (non-hydrogen) atoms. The first-order chi connectivity index (χ1) is 6.10. The van der Waals surface area contributed by atoms with E-state index in [1.54, 1.807) is 0 Å². The molecule has 0 aliphatic heterocycles. The molecule has 0 radical (unpaired) electrons. The van der Waals surface area contributed by atoms with E-state index in [1.165, 1.54) is 6.08 Å². The predicted octanol–water partition coefficient (Wildman–Crippen LogP) is 2.32. The average molecular weight is 184 g/mol. The largest absolute Gasteiger partial charge is 0.393 e. The Morgan fingerprint density at radius 2 is 2.15 bits per heavy atom. The standard InChI is InChI=1S/C11H20O2/c1-4-9(2)7-11(13)8-10(3)5-6-12/h5-6,9,11,13H,4,7-8H2,1-3H3. The van der Waals surface area contributed by atoms with Crippen LogP contribution in [0.5, 0.6) is 0 Å². The summed E-state index contributed by atoms with van der Waals surface area (Å²) in [6, 6.07) is 0. The fourth-order valence-electron chi connectivity index (χ4n) is 1.27. The smallest absolute Gasteiger partial charge is 0.142 e. The van der Waals surface area contributed by atoms with Crippen LogP contribution in [0.2, 0.25) is 0 Å². The monoisotopic (exact) mass is 184 g/mol. The van der Waals surface area contributed by atoms with E-state index < -0.39 is 0 Å². The van der Waals surface area contributed by atoms with Gasteiger partial charge in [-0.1, -0.05) is 25.8 Å². The highest BCUT2D eigenvalue weighted by Gasteiger charge is 2.08. The van der Waals surface area contributed by atoms with Gasteiger partial charge in [-0.3, -0.25) is 4.79 Å². The number of carbonyl (C=O) groups excluding carboxylic acids is 1. The maximum absolute atomic E-state index is 10.1. The minimum Gasteiger partial charge on any atom is -0.393 e. The van der Waals surface area contributed by atoms with Gasteiger partial charge in [0.15, 0.2) is 0 Å². The fourth-order valence-corrected chi connectivity index (χ4v) is 1.27. The molecular weight excluding hydrogens is 164 g/mol. The first kappa shape index (κ1) is 12.4. The van der Waals surface area contributed by atoms with Gasteiger partial charge in [0, 0.05) is 0 Å². The Morgan fingerprint density at radius 3 is 2.62 bits per heavy atom. The number of hydrogen-bond donors (Lipinski definition) is 1. The molecule has 0 saturated carbocycles. The Morgan fingerprint density at radius 1 is 1.54 bits per heavy atom. The molecule has 76 valence electrons. The molecule has 0 bridgehead atoms. The highest BCUT2D eigenvalue weighted by atomic mass is 16.3. The molecule has 0 spiro atoms. The van der Waals surface area contributed by atoms with Crippen molar-refractivity contribution in [3.63, 3.8) is 0 Å². The minimum absolute atomic E-state index is 0.300. The summed E-state index contributed by atoms with van der Waals surface area (Å²) in [4.78, 5) is 10.1. The molecule has 2 unspecified atom stereocenters. The molecule has 0 fully saturated rings. The van der Waals surface area contributed by atoms with Crippen LogP contribution in [0, 0.1) is 5.92 Å². The van der Waals surface area contributed by atoms with Crippen LogP contribution in [0.25, 0.3) is 0 Å². The Hall–Kier alpha value is -0.630. The molecule has 0 rings (SSSR count). The Bertz CT molecular complexity index is 173. The topological polar surface area (TPSA) is 37.3 Å². The predicted molar refractivity (Wildman–Crippen MR) is 54.5 cm³/mol. The number of hydrogen-bond acceptors (Lipinski definition) is 2. The van der Waals surface area contributed by atoms with Crippen molar-refractivity contribution in [2.24, 2.45) is 5.92 Å². The van der Waals surface area contributed by atoms with Gasteiger partial charge in [-0.05, 0) is 31.8 Å². The third kappa shape index (κ3) is 6.52. The molecule has 0 aromatic rings. The molecular formula is C11H20O2. The van der Waals surface area contributed by atoms with Crippen molar-refractivity contribution in [2.75, 3.05) is 0 Å². The maximum Gasteiger partial charge on any atom is 0.142 e. The van der Waals surface area contributed by atoms with Crippen molar-refractivity contribution in [2.45, 2.75) is 46.1 Å². The van der Waals surface area contributed by atoms with E-state index in [-0.39, 0.29) is 6.10 Å². The van der Waals surface area contributed by atoms with E-state index in [2.05, 4.69) is 13.8 Å². The van der Waals surface area contributed by atoms with Crippen LogP contribution >= 0.6 is 0 Å². The zero-order valence-electron chi connectivity index (χ0n) is 8.79. The van der Waals surface area contributed by atoms with Crippen LogP contribution < -0.4 is 0 Å². The molecule has 2 nitrogen and oxygen atoms in total. The van der Waals surface area contributed by atoms with Gasteiger partial charge in [-0.2, -0.15) is 0 Å². The van der Waals surface area contributed by atoms with Gasteiger partial charge in [0.05, 0.1) is 6.10 Å². The van der Waals surface area contributed by atoms with Gasteiger partial charge in [0.2, 0.25) is 0 Å². The van der Waals surface area contributed by atoms with Crippen LogP contribution in [0.3, 0.4) is 0 Å². The zero-order valence-corrected chi connectivity index (χ0v) is 8.79. The highest BCUT2D eigenvalue weighted by Crippen LogP contribution is 2.14. The third-order valence-electron chi connectivity index (χ3n) is 2.28. The second-order valence-corrected chi connectivity index (χ2v) is 3.76. The summed E-state index contributed by atoms with van der Waals surface area (Å²) in [6.07, 6.45) is 4.51. The van der Waals surface area contributed by atoms with E-state index in [1.807, 2.05) is 6.92 Å². The van der Waals surface area contributed by atoms with E-state index >= 15 is 0 Å². The lowest BCUT2D eigenvalue weighted by Gasteiger charge is -2.14. The lowest BCUT2D eigenvalue weighted by molar-refractivity contribution is -0.104. The summed E-state index contributed by atoms with van der Waals surface area (Å²) in [5.74, 6) is 0.555. The van der Waals surface area contributed by atoms with Crippen molar-refractivity contribution in [3.05, 3.63) is 11.6 Å². The van der Waals surface area contributed by atoms with Crippen molar-refractivity contribution >= 4 is 6.29 Å². The van der Waals surface area contributed by atoms with Gasteiger partial charge in [0.25, 0.3) is 0 Å². The number of rotatable bonds is 6. The summed E-state index contributed by atoms with van der Waals surface area (Å²) in [7, 11) is 0. The molecule has 0 aliphatic carbocycles. The molecule has 0 saturated heterocycles. The second kappa shape index (κ2) is 6.84. The normalized spacial score (nSPS) is 16.8. The number of allylic oxidation sites excluding steroid dienone is 1. The van der Waals surface area contributed by atoms with Crippen LogP contribution in [0.1, 0.15) is 40.0 Å². The van der Waals surface area contributed by atoms with Crippen molar-refractivity contribution < 1.29 is 9.90 Å². The van der Waals surface area contributed by atoms with Crippen molar-refractivity contribution in [1.82, 2.24) is 0 Å². The number of aldehydes is 1. The van der Waals surface area contributed by atoms with Crippen LogP contribution in [-0.4, -0.2) is 17.5 Å². The molecule has 2 atom stereocenters. The molecule has 0 aliphatic rings. The highest BCUT2D eigenvalue weighted by molar-refractivity contribution is 5.65. The average Bonchev–Trinajstić information content (AvgIpc) is 2.04. The summed E-state index contributed by atoms with van der Waals surface area (Å²) in [6.45, 7) is 6.11. The van der Waals surface area contributed by atoms with Crippen LogP contribution in [0.15, 0.2) is 11.6 Å². The quantitative estimate of drug-likeness (QED) is 0.508. The number of aliphatic hydroxyl groups is 1. The van der Waals surface area contributed by atoms with Crippen molar-refractivity contribution in [1.29, 1.82) is 0 Å². The molecule has 1 N–H and O–H groups in total. The second-order valence-electron chi connectivity index (χ2n) is 3.76. The van der Waals surface area contributed by atoms with Gasteiger partial charge >= 0.3 is 0 Å². The maximum atomic E-state index is 10.1. The van der Waals surface area contributed by atoms with Gasteiger partial charge < -0.3 is 5.11 Å². The minimum atomic E-state index is -0.300. The van der Waals surface area contributed by atoms with E-state index in [9.17, 15) is 9.90 Å². The van der Waals surface area contributed by atoms with Crippen LogP contribution in [-0.2, 0) is 4.79 Å². The zero-order chi connectivity index (χ0) is 10.3. The summed E-state index contributed by atoms with van der Waals surface area (Å²) in [5, 5.41) is 9.59. The Labute approximate surface area is 80.7 Å². The molecule has 0 amide bonds. The van der Waals surface area contributed by atoms with E-state index in [4.69, 9.17) is 0 Å². The van der Waals surface area contributed by atoms with Crippen LogP contribution in [0.4, 0.5) is 0 Å². The van der Waals surface area contributed by atoms with Gasteiger partial charge in [-0.15, -0.1) is 0 Å². The number of aliphatic hydroxyl groups excluding tert-OH is 1. The summed E-state index contributed by atoms with van der Waals surface area (Å²) < 4.78 is 0. The van der Waals surface area contributed by atoms with Gasteiger partial charge in [0.1, 0.15) is 6.29 Å². The molecule has 0 aromatic heterocycles. The summed E-state index contributed by atoms with van der Waals surface area (Å²) in [5.41, 5.74) is 0.950. The lowest BCUT2D eigenvalue weighted by Crippen LogP contribution is -2.11. The summed E-state index contributed by atoms with van der Waals surface area (Å²) >= 11 is 0. The molecule has 2 heteroatoms. The molecule has 0 heterocycles. The lowest BCUT2D eigenvalue weighted by atomic mass is 9.97. The van der Waals surface area contributed by atoms with Crippen molar-refractivity contribution in [3.8, 4) is 0 Å². The third-order valence-corrected chi connectivity index (χ3v) is 2.28. The molecule has 0 aromatic carbocycles. The number of carbonyl (C=O) groups is 1. The van der Waals surface area contributed by atoms with E-state index in [0.717, 1.165) is 24.7 Å². The van der Waals surface area contributed by atoms with E-state index in [0.29, 0.717) is 12.3 Å². The Balaban J connectivity index is 3.79. The van der Waals surface area contributed by atoms with Gasteiger partial charge in [-0.25, -0.2) is 0 Å².